The zero-order valence-corrected chi connectivity index (χ0v) is 15.9. The predicted molar refractivity (Wildman–Crippen MR) is 105 cm³/mol. The molecular formula is C17H24ClN5S. The molecule has 0 atom stereocenters. The van der Waals surface area contributed by atoms with E-state index in [4.69, 9.17) is 23.8 Å². The van der Waals surface area contributed by atoms with Crippen molar-refractivity contribution in [2.24, 2.45) is 0 Å². The number of halogens is 1. The lowest BCUT2D eigenvalue weighted by Crippen LogP contribution is -2.31. The molecule has 2 aromatic rings. The summed E-state index contributed by atoms with van der Waals surface area (Å²) in [7, 11) is 4.12. The zero-order valence-electron chi connectivity index (χ0n) is 14.3. The standard InChI is InChI=1S/C17H24ClN5S/c1-13-11-16(20-17(24)19-9-6-10-22(2)3)21-23(13)12-14-7-4-5-8-15(14)18/h4-5,7-8,11H,6,9-10,12H2,1-3H3,(H2,19,20,21,24). The Kier molecular flexibility index (Phi) is 7.02. The fourth-order valence-electron chi connectivity index (χ4n) is 2.28. The van der Waals surface area contributed by atoms with Crippen molar-refractivity contribution >= 4 is 34.7 Å². The van der Waals surface area contributed by atoms with Crippen LogP contribution in [-0.2, 0) is 6.54 Å². The molecule has 7 heteroatoms. The average Bonchev–Trinajstić information content (AvgIpc) is 2.85. The third kappa shape index (κ3) is 5.78. The van der Waals surface area contributed by atoms with Gasteiger partial charge in [0, 0.05) is 23.3 Å². The normalized spacial score (nSPS) is 10.9. The number of anilines is 1. The Morgan fingerprint density at radius 1 is 1.33 bits per heavy atom. The van der Waals surface area contributed by atoms with Crippen LogP contribution in [0.1, 0.15) is 17.7 Å². The molecule has 0 fully saturated rings. The lowest BCUT2D eigenvalue weighted by atomic mass is 10.2. The van der Waals surface area contributed by atoms with Gasteiger partial charge in [-0.05, 0) is 57.8 Å². The molecular weight excluding hydrogens is 342 g/mol. The van der Waals surface area contributed by atoms with Gasteiger partial charge in [-0.15, -0.1) is 0 Å². The lowest BCUT2D eigenvalue weighted by Gasteiger charge is -2.11. The Balaban J connectivity index is 1.89. The molecule has 0 unspecified atom stereocenters. The second kappa shape index (κ2) is 9.01. The third-order valence-electron chi connectivity index (χ3n) is 3.57. The van der Waals surface area contributed by atoms with E-state index in [0.29, 0.717) is 11.7 Å². The maximum absolute atomic E-state index is 6.22. The van der Waals surface area contributed by atoms with Crippen LogP contribution in [0.4, 0.5) is 5.82 Å². The molecule has 0 aliphatic carbocycles. The minimum absolute atomic E-state index is 0.594. The van der Waals surface area contributed by atoms with Crippen molar-refractivity contribution < 1.29 is 0 Å². The average molecular weight is 366 g/mol. The highest BCUT2D eigenvalue weighted by Crippen LogP contribution is 2.18. The van der Waals surface area contributed by atoms with Gasteiger partial charge in [0.1, 0.15) is 0 Å². The summed E-state index contributed by atoms with van der Waals surface area (Å²) >= 11 is 11.5. The molecule has 0 aliphatic rings. The first-order valence-corrected chi connectivity index (χ1v) is 8.72. The molecule has 5 nitrogen and oxygen atoms in total. The summed E-state index contributed by atoms with van der Waals surface area (Å²) in [6, 6.07) is 9.78. The smallest absolute Gasteiger partial charge is 0.171 e. The minimum Gasteiger partial charge on any atom is -0.362 e. The number of aromatic nitrogens is 2. The number of nitrogens with one attached hydrogen (secondary N) is 2. The first kappa shape index (κ1) is 18.7. The maximum atomic E-state index is 6.22. The van der Waals surface area contributed by atoms with Gasteiger partial charge in [-0.3, -0.25) is 4.68 Å². The molecule has 0 spiro atoms. The molecule has 0 saturated heterocycles. The summed E-state index contributed by atoms with van der Waals surface area (Å²) in [5, 5.41) is 12.2. The molecule has 0 radical (unpaired) electrons. The first-order chi connectivity index (χ1) is 11.5. The molecule has 1 aromatic carbocycles. The molecule has 2 rings (SSSR count). The molecule has 1 heterocycles. The van der Waals surface area contributed by atoms with Crippen molar-refractivity contribution in [3.63, 3.8) is 0 Å². The zero-order chi connectivity index (χ0) is 17.5. The number of nitrogens with zero attached hydrogens (tertiary/aromatic N) is 3. The quantitative estimate of drug-likeness (QED) is 0.583. The third-order valence-corrected chi connectivity index (χ3v) is 4.18. The summed E-state index contributed by atoms with van der Waals surface area (Å²) < 4.78 is 1.91. The minimum atomic E-state index is 0.594. The van der Waals surface area contributed by atoms with E-state index in [1.165, 1.54) is 0 Å². The van der Waals surface area contributed by atoms with Crippen LogP contribution in [0.25, 0.3) is 0 Å². The van der Waals surface area contributed by atoms with Gasteiger partial charge in [-0.2, -0.15) is 5.10 Å². The van der Waals surface area contributed by atoms with E-state index in [1.807, 2.05) is 41.9 Å². The van der Waals surface area contributed by atoms with Crippen molar-refractivity contribution in [1.82, 2.24) is 20.0 Å². The van der Waals surface area contributed by atoms with Crippen molar-refractivity contribution in [2.75, 3.05) is 32.5 Å². The van der Waals surface area contributed by atoms with Crippen LogP contribution in [0.2, 0.25) is 5.02 Å². The number of hydrogen-bond acceptors (Lipinski definition) is 3. The van der Waals surface area contributed by atoms with Crippen LogP contribution in [0.3, 0.4) is 0 Å². The van der Waals surface area contributed by atoms with E-state index >= 15 is 0 Å². The number of hydrogen-bond donors (Lipinski definition) is 2. The van der Waals surface area contributed by atoms with Crippen molar-refractivity contribution in [3.05, 3.63) is 46.6 Å². The van der Waals surface area contributed by atoms with E-state index in [1.54, 1.807) is 0 Å². The second-order valence-electron chi connectivity index (χ2n) is 5.96. The van der Waals surface area contributed by atoms with Crippen molar-refractivity contribution in [1.29, 1.82) is 0 Å². The van der Waals surface area contributed by atoms with E-state index in [-0.39, 0.29) is 0 Å². The van der Waals surface area contributed by atoms with Gasteiger partial charge < -0.3 is 15.5 Å². The Morgan fingerprint density at radius 3 is 2.79 bits per heavy atom. The predicted octanol–water partition coefficient (Wildman–Crippen LogP) is 3.13. The van der Waals surface area contributed by atoms with Crippen LogP contribution in [0, 0.1) is 6.92 Å². The Hall–Kier alpha value is -1.63. The number of aryl methyl sites for hydroxylation is 1. The molecule has 1 aromatic heterocycles. The molecule has 2 N–H and O–H groups in total. The largest absolute Gasteiger partial charge is 0.362 e. The summed E-state index contributed by atoms with van der Waals surface area (Å²) in [5.41, 5.74) is 2.09. The highest BCUT2D eigenvalue weighted by Gasteiger charge is 2.08. The monoisotopic (exact) mass is 365 g/mol. The summed E-state index contributed by atoms with van der Waals surface area (Å²) in [4.78, 5) is 2.15. The Labute approximate surface area is 154 Å². The van der Waals surface area contributed by atoms with Crippen molar-refractivity contribution in [3.8, 4) is 0 Å². The van der Waals surface area contributed by atoms with E-state index in [2.05, 4.69) is 34.7 Å². The second-order valence-corrected chi connectivity index (χ2v) is 6.77. The van der Waals surface area contributed by atoms with Gasteiger partial charge in [-0.1, -0.05) is 29.8 Å². The van der Waals surface area contributed by atoms with Gasteiger partial charge in [-0.25, -0.2) is 0 Å². The van der Waals surface area contributed by atoms with E-state index in [0.717, 1.165) is 41.6 Å². The maximum Gasteiger partial charge on any atom is 0.171 e. The molecule has 24 heavy (non-hydrogen) atoms. The first-order valence-electron chi connectivity index (χ1n) is 7.93. The Morgan fingerprint density at radius 2 is 2.08 bits per heavy atom. The van der Waals surface area contributed by atoms with Gasteiger partial charge in [0.05, 0.1) is 6.54 Å². The van der Waals surface area contributed by atoms with Gasteiger partial charge in [0.25, 0.3) is 0 Å². The number of benzene rings is 1. The highest BCUT2D eigenvalue weighted by molar-refractivity contribution is 7.80. The van der Waals surface area contributed by atoms with Gasteiger partial charge in [0.15, 0.2) is 10.9 Å². The topological polar surface area (TPSA) is 45.1 Å². The van der Waals surface area contributed by atoms with E-state index in [9.17, 15) is 0 Å². The molecule has 0 bridgehead atoms. The van der Waals surface area contributed by atoms with Crippen molar-refractivity contribution in [2.45, 2.75) is 19.9 Å². The fourth-order valence-corrected chi connectivity index (χ4v) is 2.68. The van der Waals surface area contributed by atoms with Crippen LogP contribution in [0.15, 0.2) is 30.3 Å². The summed E-state index contributed by atoms with van der Waals surface area (Å²) in [5.74, 6) is 0.740. The van der Waals surface area contributed by atoms with Crippen LogP contribution in [-0.4, -0.2) is 47.0 Å². The lowest BCUT2D eigenvalue weighted by molar-refractivity contribution is 0.400. The molecule has 0 amide bonds. The van der Waals surface area contributed by atoms with Crippen LogP contribution in [0.5, 0.6) is 0 Å². The van der Waals surface area contributed by atoms with Gasteiger partial charge >= 0.3 is 0 Å². The van der Waals surface area contributed by atoms with E-state index < -0.39 is 0 Å². The highest BCUT2D eigenvalue weighted by atomic mass is 35.5. The van der Waals surface area contributed by atoms with Crippen LogP contribution >= 0.6 is 23.8 Å². The van der Waals surface area contributed by atoms with Crippen LogP contribution < -0.4 is 10.6 Å². The summed E-state index contributed by atoms with van der Waals surface area (Å²) in [6.45, 7) is 4.52. The molecule has 0 aliphatic heterocycles. The number of rotatable bonds is 7. The number of thiocarbonyl (C=S) groups is 1. The summed E-state index contributed by atoms with van der Waals surface area (Å²) in [6.07, 6.45) is 1.04. The SMILES string of the molecule is Cc1cc(NC(=S)NCCCN(C)C)nn1Cc1ccccc1Cl. The Bertz CT molecular complexity index is 683. The molecule has 130 valence electrons. The van der Waals surface area contributed by atoms with Gasteiger partial charge in [0.2, 0.25) is 0 Å². The fraction of sp³-hybridized carbons (Fsp3) is 0.412. The molecule has 0 saturated carbocycles.